The molecule has 0 spiro atoms. The summed E-state index contributed by atoms with van der Waals surface area (Å²) < 4.78 is 12.4. The molecule has 2 aromatic heterocycles. The number of benzene rings is 2. The summed E-state index contributed by atoms with van der Waals surface area (Å²) in [6.07, 6.45) is 3.38. The Morgan fingerprint density at radius 2 is 1.80 bits per heavy atom. The Morgan fingerprint density at radius 3 is 2.45 bits per heavy atom. The molecular formula is C36H44N6O7. The second kappa shape index (κ2) is 15.0. The fourth-order valence-corrected chi connectivity index (χ4v) is 5.96. The SMILES string of the molecule is CCCC[C@@H](C(=O)Nc1ccc2c(C)c(CC(=O)O)c(=O)oc2c1)n1cc([C@@](C)(NC(=O)c2ccc(N3CCOCC3)cc2)C(C)C)nn1. The van der Waals surface area contributed by atoms with Crippen molar-refractivity contribution in [2.75, 3.05) is 36.5 Å². The molecule has 1 saturated heterocycles. The average Bonchev–Trinajstić information content (AvgIpc) is 3.57. The zero-order valence-corrected chi connectivity index (χ0v) is 28.6. The highest BCUT2D eigenvalue weighted by molar-refractivity contribution is 5.96. The second-order valence-electron chi connectivity index (χ2n) is 13.0. The van der Waals surface area contributed by atoms with Crippen molar-refractivity contribution in [2.24, 2.45) is 5.92 Å². The highest BCUT2D eigenvalue weighted by Crippen LogP contribution is 2.30. The Labute approximate surface area is 284 Å². The summed E-state index contributed by atoms with van der Waals surface area (Å²) in [7, 11) is 0. The lowest BCUT2D eigenvalue weighted by Crippen LogP contribution is -2.47. The first-order valence-corrected chi connectivity index (χ1v) is 16.7. The number of carboxylic acids is 1. The van der Waals surface area contributed by atoms with Crippen molar-refractivity contribution in [1.29, 1.82) is 0 Å². The molecule has 2 atom stereocenters. The number of morpholine rings is 1. The Hall–Kier alpha value is -5.04. The molecule has 0 saturated carbocycles. The van der Waals surface area contributed by atoms with Gasteiger partial charge < -0.3 is 29.8 Å². The van der Waals surface area contributed by atoms with Crippen LogP contribution in [0.5, 0.6) is 0 Å². The van der Waals surface area contributed by atoms with Gasteiger partial charge in [0.1, 0.15) is 17.3 Å². The Morgan fingerprint density at radius 1 is 1.08 bits per heavy atom. The number of fused-ring (bicyclic) bond motifs is 1. The summed E-state index contributed by atoms with van der Waals surface area (Å²) >= 11 is 0. The van der Waals surface area contributed by atoms with E-state index in [-0.39, 0.29) is 28.9 Å². The molecule has 3 heterocycles. The first-order chi connectivity index (χ1) is 23.4. The maximum Gasteiger partial charge on any atom is 0.340 e. The number of carbonyl (C=O) groups is 3. The summed E-state index contributed by atoms with van der Waals surface area (Å²) in [5.74, 6) is -1.77. The number of carbonyl (C=O) groups excluding carboxylic acids is 2. The predicted octanol–water partition coefficient (Wildman–Crippen LogP) is 4.83. The summed E-state index contributed by atoms with van der Waals surface area (Å²) in [5.41, 5.74) is 1.73. The lowest BCUT2D eigenvalue weighted by molar-refractivity contribution is -0.136. The Kier molecular flexibility index (Phi) is 10.8. The Balaban J connectivity index is 1.35. The van der Waals surface area contributed by atoms with Gasteiger partial charge in [-0.05, 0) is 68.1 Å². The van der Waals surface area contributed by atoms with Gasteiger partial charge >= 0.3 is 11.6 Å². The van der Waals surface area contributed by atoms with Crippen LogP contribution in [0.3, 0.4) is 0 Å². The van der Waals surface area contributed by atoms with Crippen molar-refractivity contribution in [2.45, 2.75) is 71.9 Å². The fraction of sp³-hybridized carbons (Fsp3) is 0.444. The first-order valence-electron chi connectivity index (χ1n) is 16.7. The van der Waals surface area contributed by atoms with Gasteiger partial charge in [0.15, 0.2) is 0 Å². The standard InChI is InChI=1S/C36H44N6O7/c1-6-7-8-29(34(46)37-25-11-14-27-23(4)28(20-32(43)44)35(47)49-30(27)19-25)42-21-31(39-40-42)36(5,22(2)3)38-33(45)24-9-12-26(13-10-24)41-15-17-48-18-16-41/h9-14,19,21-22,29H,6-8,15-18,20H2,1-5H3,(H,37,46)(H,38,45)(H,43,44)/t29-,36-/m0/s1. The number of ether oxygens (including phenoxy) is 1. The third kappa shape index (κ3) is 7.83. The molecule has 0 aliphatic carbocycles. The number of nitrogens with zero attached hydrogens (tertiary/aromatic N) is 4. The van der Waals surface area contributed by atoms with Crippen LogP contribution in [0.2, 0.25) is 0 Å². The molecule has 5 rings (SSSR count). The van der Waals surface area contributed by atoms with Crippen LogP contribution in [0.4, 0.5) is 11.4 Å². The van der Waals surface area contributed by atoms with Crippen LogP contribution in [0.25, 0.3) is 11.0 Å². The van der Waals surface area contributed by atoms with Crippen LogP contribution in [-0.2, 0) is 26.3 Å². The summed E-state index contributed by atoms with van der Waals surface area (Å²) in [6.45, 7) is 12.6. The van der Waals surface area contributed by atoms with Crippen LogP contribution in [-0.4, -0.2) is 64.2 Å². The minimum absolute atomic E-state index is 0.0659. The summed E-state index contributed by atoms with van der Waals surface area (Å²) in [4.78, 5) is 53.2. The molecule has 4 aromatic rings. The van der Waals surface area contributed by atoms with E-state index in [1.807, 2.05) is 52.0 Å². The monoisotopic (exact) mass is 672 g/mol. The maximum absolute atomic E-state index is 13.7. The van der Waals surface area contributed by atoms with Gasteiger partial charge in [0.2, 0.25) is 5.91 Å². The number of anilines is 2. The smallest absolute Gasteiger partial charge is 0.340 e. The fourth-order valence-electron chi connectivity index (χ4n) is 5.96. The van der Waals surface area contributed by atoms with E-state index in [1.54, 1.807) is 31.3 Å². The van der Waals surface area contributed by atoms with E-state index in [4.69, 9.17) is 9.15 Å². The van der Waals surface area contributed by atoms with Crippen molar-refractivity contribution in [3.05, 3.63) is 81.5 Å². The summed E-state index contributed by atoms with van der Waals surface area (Å²) in [6, 6.07) is 11.7. The van der Waals surface area contributed by atoms with E-state index in [0.717, 1.165) is 31.6 Å². The van der Waals surface area contributed by atoms with Gasteiger partial charge in [0, 0.05) is 41.5 Å². The van der Waals surface area contributed by atoms with Gasteiger partial charge in [0.05, 0.1) is 36.9 Å². The topological polar surface area (TPSA) is 169 Å². The molecule has 1 aliphatic rings. The quantitative estimate of drug-likeness (QED) is 0.167. The number of aromatic nitrogens is 3. The molecule has 3 N–H and O–H groups in total. The van der Waals surface area contributed by atoms with Crippen LogP contribution >= 0.6 is 0 Å². The molecule has 0 radical (unpaired) electrons. The molecule has 13 nitrogen and oxygen atoms in total. The number of unbranched alkanes of at least 4 members (excludes halogenated alkanes) is 1. The first kappa shape index (κ1) is 35.3. The van der Waals surface area contributed by atoms with Crippen LogP contribution < -0.4 is 21.2 Å². The van der Waals surface area contributed by atoms with Crippen LogP contribution in [0.1, 0.15) is 80.2 Å². The van der Waals surface area contributed by atoms with Gasteiger partial charge in [-0.1, -0.05) is 38.8 Å². The third-order valence-electron chi connectivity index (χ3n) is 9.41. The molecule has 1 aliphatic heterocycles. The lowest BCUT2D eigenvalue weighted by atomic mass is 9.85. The van der Waals surface area contributed by atoms with Crippen molar-refractivity contribution in [3.63, 3.8) is 0 Å². The molecule has 49 heavy (non-hydrogen) atoms. The normalized spacial score (nSPS) is 15.2. The zero-order chi connectivity index (χ0) is 35.3. The number of carboxylic acid groups (broad SMARTS) is 1. The van der Waals surface area contributed by atoms with Gasteiger partial charge in [0.25, 0.3) is 5.91 Å². The number of hydrogen-bond donors (Lipinski definition) is 3. The molecule has 1 fully saturated rings. The highest BCUT2D eigenvalue weighted by Gasteiger charge is 2.36. The molecule has 2 aromatic carbocycles. The minimum atomic E-state index is -1.13. The third-order valence-corrected chi connectivity index (χ3v) is 9.41. The average molecular weight is 673 g/mol. The molecule has 260 valence electrons. The van der Waals surface area contributed by atoms with E-state index in [9.17, 15) is 24.3 Å². The number of hydrogen-bond acceptors (Lipinski definition) is 9. The highest BCUT2D eigenvalue weighted by atomic mass is 16.5. The number of rotatable bonds is 13. The number of aryl methyl sites for hydroxylation is 1. The minimum Gasteiger partial charge on any atom is -0.481 e. The van der Waals surface area contributed by atoms with E-state index in [0.29, 0.717) is 47.5 Å². The molecule has 13 heteroatoms. The number of aliphatic carboxylic acids is 1. The van der Waals surface area contributed by atoms with E-state index >= 15 is 0 Å². The lowest BCUT2D eigenvalue weighted by Gasteiger charge is -2.33. The molecule has 2 amide bonds. The summed E-state index contributed by atoms with van der Waals surface area (Å²) in [5, 5.41) is 24.7. The van der Waals surface area contributed by atoms with Gasteiger partial charge in [-0.3, -0.25) is 14.4 Å². The van der Waals surface area contributed by atoms with E-state index < -0.39 is 29.6 Å². The maximum atomic E-state index is 13.7. The van der Waals surface area contributed by atoms with Gasteiger partial charge in [-0.2, -0.15) is 0 Å². The largest absolute Gasteiger partial charge is 0.481 e. The van der Waals surface area contributed by atoms with Gasteiger partial charge in [-0.25, -0.2) is 9.48 Å². The van der Waals surface area contributed by atoms with Gasteiger partial charge in [-0.15, -0.1) is 5.10 Å². The van der Waals surface area contributed by atoms with Crippen molar-refractivity contribution >= 4 is 40.1 Å². The molecular weight excluding hydrogens is 628 g/mol. The van der Waals surface area contributed by atoms with Crippen molar-refractivity contribution in [1.82, 2.24) is 20.3 Å². The zero-order valence-electron chi connectivity index (χ0n) is 28.6. The molecule has 0 bridgehead atoms. The van der Waals surface area contributed by atoms with E-state index in [2.05, 4.69) is 25.8 Å². The Bertz CT molecular complexity index is 1880. The van der Waals surface area contributed by atoms with Crippen LogP contribution in [0, 0.1) is 12.8 Å². The van der Waals surface area contributed by atoms with Crippen molar-refractivity contribution in [3.8, 4) is 0 Å². The second-order valence-corrected chi connectivity index (χ2v) is 13.0. The number of nitrogens with one attached hydrogen (secondary N) is 2. The van der Waals surface area contributed by atoms with Crippen molar-refractivity contribution < 1.29 is 28.6 Å². The number of amides is 2. The van der Waals surface area contributed by atoms with Crippen LogP contribution in [0.15, 0.2) is 57.9 Å². The predicted molar refractivity (Wildman–Crippen MR) is 185 cm³/mol. The van der Waals surface area contributed by atoms with E-state index in [1.165, 1.54) is 4.68 Å². The molecule has 0 unspecified atom stereocenters.